The number of aliphatic hydroxyl groups excluding tert-OH is 1. The van der Waals surface area contributed by atoms with Crippen LogP contribution >= 0.6 is 0 Å². The van der Waals surface area contributed by atoms with E-state index < -0.39 is 22.3 Å². The molecule has 0 aromatic heterocycles. The predicted molar refractivity (Wildman–Crippen MR) is 150 cm³/mol. The van der Waals surface area contributed by atoms with Crippen LogP contribution in [-0.2, 0) is 33.8 Å². The number of carbonyl (C=O) groups is 2. The highest BCUT2D eigenvalue weighted by Crippen LogP contribution is 2.32. The van der Waals surface area contributed by atoms with Crippen LogP contribution in [0.25, 0.3) is 0 Å². The Morgan fingerprint density at radius 1 is 1.02 bits per heavy atom. The smallest absolute Gasteiger partial charge is 0.337 e. The molecule has 2 unspecified atom stereocenters. The molecule has 0 aliphatic carbocycles. The van der Waals surface area contributed by atoms with Gasteiger partial charge in [-0.3, -0.25) is 4.79 Å². The number of allylic oxidation sites excluding steroid dienone is 1. The number of benzene rings is 2. The van der Waals surface area contributed by atoms with E-state index >= 15 is 0 Å². The number of aliphatic hydroxyl groups is 1. The maximum atomic E-state index is 13.3. The summed E-state index contributed by atoms with van der Waals surface area (Å²) in [5.74, 6) is -0.358. The molecule has 1 fully saturated rings. The Labute approximate surface area is 245 Å². The van der Waals surface area contributed by atoms with Crippen LogP contribution in [0.1, 0.15) is 28.3 Å². The first kappa shape index (κ1) is 31.4. The summed E-state index contributed by atoms with van der Waals surface area (Å²) in [6, 6.07) is 12.9. The van der Waals surface area contributed by atoms with Crippen molar-refractivity contribution in [1.29, 1.82) is 0 Å². The lowest BCUT2D eigenvalue weighted by molar-refractivity contribution is -0.155. The molecule has 1 amide bonds. The highest BCUT2D eigenvalue weighted by atomic mass is 32.2. The Hall–Kier alpha value is -3.49. The average Bonchev–Trinajstić information content (AvgIpc) is 3.04. The lowest BCUT2D eigenvalue weighted by Crippen LogP contribution is -2.43. The second-order valence-electron chi connectivity index (χ2n) is 9.61. The Morgan fingerprint density at radius 2 is 1.71 bits per heavy atom. The van der Waals surface area contributed by atoms with E-state index in [2.05, 4.69) is 0 Å². The van der Waals surface area contributed by atoms with Gasteiger partial charge in [-0.1, -0.05) is 12.1 Å². The zero-order valence-electron chi connectivity index (χ0n) is 23.6. The van der Waals surface area contributed by atoms with E-state index in [1.807, 2.05) is 0 Å². The van der Waals surface area contributed by atoms with Gasteiger partial charge in [0, 0.05) is 38.5 Å². The van der Waals surface area contributed by atoms with E-state index in [9.17, 15) is 23.1 Å². The molecule has 0 radical (unpaired) electrons. The molecule has 228 valence electrons. The number of hydrogen-bond acceptors (Lipinski definition) is 10. The molecule has 1 N–H and O–H groups in total. The van der Waals surface area contributed by atoms with Crippen molar-refractivity contribution in [3.8, 4) is 5.75 Å². The molecule has 13 heteroatoms. The summed E-state index contributed by atoms with van der Waals surface area (Å²) in [5.41, 5.74) is 1.24. The molecule has 1 saturated heterocycles. The number of carbonyl (C=O) groups excluding carboxylic acids is 2. The summed E-state index contributed by atoms with van der Waals surface area (Å²) in [4.78, 5) is 26.9. The third-order valence-electron chi connectivity index (χ3n) is 7.02. The summed E-state index contributed by atoms with van der Waals surface area (Å²) in [5, 5.41) is 9.55. The van der Waals surface area contributed by atoms with Gasteiger partial charge in [-0.25, -0.2) is 13.2 Å². The number of esters is 1. The van der Waals surface area contributed by atoms with E-state index in [1.54, 1.807) is 47.4 Å². The van der Waals surface area contributed by atoms with Crippen molar-refractivity contribution in [3.63, 3.8) is 0 Å². The highest BCUT2D eigenvalue weighted by Gasteiger charge is 2.32. The molecular weight excluding hydrogens is 568 g/mol. The number of methoxy groups -OCH3 is 2. The summed E-state index contributed by atoms with van der Waals surface area (Å²) in [6.07, 6.45) is 1.25. The van der Waals surface area contributed by atoms with Crippen molar-refractivity contribution in [1.82, 2.24) is 9.21 Å². The van der Waals surface area contributed by atoms with Crippen LogP contribution in [-0.4, -0.2) is 108 Å². The fraction of sp³-hybridized carbons (Fsp3) is 0.448. The van der Waals surface area contributed by atoms with Gasteiger partial charge in [0.15, 0.2) is 5.76 Å². The molecule has 0 bridgehead atoms. The molecular formula is C29H36N2O10S. The number of hydrogen-bond donors (Lipinski definition) is 1. The van der Waals surface area contributed by atoms with Crippen molar-refractivity contribution >= 4 is 21.9 Å². The monoisotopic (exact) mass is 604 g/mol. The third-order valence-corrected chi connectivity index (χ3v) is 8.93. The van der Waals surface area contributed by atoms with Crippen molar-refractivity contribution in [3.05, 3.63) is 71.5 Å². The SMILES string of the molecule is COC(=O)c1ccc(C2C=C(C(=O)N3CCOCC3)OC(OCCN(CCO)S(=O)(=O)c3ccc(OC)cc3)C2)cc1. The number of morpholine rings is 1. The number of rotatable bonds is 12. The predicted octanol–water partition coefficient (Wildman–Crippen LogP) is 1.75. The van der Waals surface area contributed by atoms with Crippen molar-refractivity contribution < 1.29 is 46.8 Å². The second kappa shape index (κ2) is 14.6. The van der Waals surface area contributed by atoms with E-state index in [0.717, 1.165) is 9.87 Å². The first-order valence-corrected chi connectivity index (χ1v) is 15.0. The summed E-state index contributed by atoms with van der Waals surface area (Å²) in [6.45, 7) is 1.13. The number of ether oxygens (including phenoxy) is 5. The van der Waals surface area contributed by atoms with Crippen molar-refractivity contribution in [2.24, 2.45) is 0 Å². The first-order valence-electron chi connectivity index (χ1n) is 13.6. The van der Waals surface area contributed by atoms with Crippen LogP contribution < -0.4 is 4.74 Å². The topological polar surface area (TPSA) is 141 Å². The highest BCUT2D eigenvalue weighted by molar-refractivity contribution is 7.89. The number of sulfonamides is 1. The molecule has 0 spiro atoms. The lowest BCUT2D eigenvalue weighted by Gasteiger charge is -2.33. The van der Waals surface area contributed by atoms with Gasteiger partial charge in [0.25, 0.3) is 5.91 Å². The van der Waals surface area contributed by atoms with Crippen LogP contribution in [0, 0.1) is 0 Å². The lowest BCUT2D eigenvalue weighted by atomic mass is 9.92. The van der Waals surface area contributed by atoms with E-state index in [-0.39, 0.29) is 48.8 Å². The van der Waals surface area contributed by atoms with Gasteiger partial charge in [0.05, 0.1) is 51.1 Å². The maximum Gasteiger partial charge on any atom is 0.337 e. The molecule has 2 atom stereocenters. The van der Waals surface area contributed by atoms with Gasteiger partial charge in [-0.2, -0.15) is 4.31 Å². The number of amides is 1. The first-order chi connectivity index (χ1) is 20.3. The van der Waals surface area contributed by atoms with Gasteiger partial charge >= 0.3 is 5.97 Å². The molecule has 12 nitrogen and oxygen atoms in total. The minimum absolute atomic E-state index is 0.0485. The van der Waals surface area contributed by atoms with Crippen molar-refractivity contribution in [2.45, 2.75) is 23.5 Å². The van der Waals surface area contributed by atoms with Crippen LogP contribution in [0.3, 0.4) is 0 Å². The van der Waals surface area contributed by atoms with Crippen LogP contribution in [0.4, 0.5) is 0 Å². The summed E-state index contributed by atoms with van der Waals surface area (Å²) >= 11 is 0. The Balaban J connectivity index is 1.48. The largest absolute Gasteiger partial charge is 0.497 e. The standard InChI is InChI=1S/C29H36N2O10S/c1-37-24-7-9-25(10-8-24)42(35,36)31(11-15-32)14-18-40-27-20-23(21-3-5-22(6-4-21)29(34)38-2)19-26(41-27)28(33)30-12-16-39-17-13-30/h3-10,19,23,27,32H,11-18,20H2,1-2H3. The van der Waals surface area contributed by atoms with Gasteiger partial charge in [0.2, 0.25) is 16.3 Å². The zero-order valence-corrected chi connectivity index (χ0v) is 24.5. The molecule has 2 aromatic carbocycles. The normalized spacial score (nSPS) is 19.1. The fourth-order valence-electron chi connectivity index (χ4n) is 4.70. The quantitative estimate of drug-likeness (QED) is 0.356. The van der Waals surface area contributed by atoms with E-state index in [0.29, 0.717) is 44.0 Å². The molecule has 2 aromatic rings. The minimum atomic E-state index is -3.92. The molecule has 2 aliphatic rings. The van der Waals surface area contributed by atoms with Gasteiger partial charge in [0.1, 0.15) is 5.75 Å². The maximum absolute atomic E-state index is 13.3. The second-order valence-corrected chi connectivity index (χ2v) is 11.6. The van der Waals surface area contributed by atoms with Gasteiger partial charge in [-0.05, 0) is 48.0 Å². The van der Waals surface area contributed by atoms with Crippen molar-refractivity contribution in [2.75, 3.05) is 66.8 Å². The van der Waals surface area contributed by atoms with Crippen LogP contribution in [0.15, 0.2) is 65.3 Å². The van der Waals surface area contributed by atoms with E-state index in [4.69, 9.17) is 23.7 Å². The zero-order chi connectivity index (χ0) is 30.1. The summed E-state index contributed by atoms with van der Waals surface area (Å²) in [7, 11) is -1.12. The van der Waals surface area contributed by atoms with Gasteiger partial charge in [-0.15, -0.1) is 0 Å². The number of nitrogens with zero attached hydrogens (tertiary/aromatic N) is 2. The van der Waals surface area contributed by atoms with Gasteiger partial charge < -0.3 is 33.7 Å². The molecule has 4 rings (SSSR count). The molecule has 2 aliphatic heterocycles. The summed E-state index contributed by atoms with van der Waals surface area (Å²) < 4.78 is 54.8. The Kier molecular flexibility index (Phi) is 10.9. The Morgan fingerprint density at radius 3 is 2.33 bits per heavy atom. The fourth-order valence-corrected chi connectivity index (χ4v) is 6.11. The molecule has 42 heavy (non-hydrogen) atoms. The minimum Gasteiger partial charge on any atom is -0.497 e. The average molecular weight is 605 g/mol. The third kappa shape index (κ3) is 7.66. The van der Waals surface area contributed by atoms with E-state index in [1.165, 1.54) is 26.4 Å². The molecule has 2 heterocycles. The Bertz CT molecular complexity index is 1340. The molecule has 0 saturated carbocycles. The van der Waals surface area contributed by atoms with Crippen LogP contribution in [0.5, 0.6) is 5.75 Å². The van der Waals surface area contributed by atoms with Crippen LogP contribution in [0.2, 0.25) is 0 Å².